The average Bonchev–Trinajstić information content (AvgIpc) is 3.44. The van der Waals surface area contributed by atoms with Crippen molar-refractivity contribution in [3.8, 4) is 17.2 Å². The number of carboxylic acid groups (broad SMARTS) is 1. The first-order chi connectivity index (χ1) is 12.8. The SMILES string of the molecule is COc1ccc(Oc2c(NCC3CC3)cc(C(=O)O)cc2S(N)(=O)=O)cc1. The molecule has 0 bridgehead atoms. The van der Waals surface area contributed by atoms with Crippen molar-refractivity contribution in [1.29, 1.82) is 0 Å². The number of nitrogens with one attached hydrogen (secondary N) is 1. The molecule has 4 N–H and O–H groups in total. The Bertz CT molecular complexity index is 953. The van der Waals surface area contributed by atoms with E-state index in [4.69, 9.17) is 14.6 Å². The molecule has 0 radical (unpaired) electrons. The maximum Gasteiger partial charge on any atom is 0.335 e. The van der Waals surface area contributed by atoms with E-state index in [2.05, 4.69) is 5.32 Å². The Balaban J connectivity index is 2.06. The van der Waals surface area contributed by atoms with Crippen LogP contribution < -0.4 is 19.9 Å². The normalized spacial score (nSPS) is 13.9. The minimum atomic E-state index is -4.22. The van der Waals surface area contributed by atoms with E-state index in [9.17, 15) is 18.3 Å². The molecule has 0 spiro atoms. The number of aromatic carboxylic acids is 1. The molecule has 8 nitrogen and oxygen atoms in total. The fourth-order valence-corrected chi connectivity index (χ4v) is 3.21. The van der Waals surface area contributed by atoms with Crippen molar-refractivity contribution in [3.05, 3.63) is 42.0 Å². The molecule has 0 aromatic heterocycles. The second-order valence-electron chi connectivity index (χ2n) is 6.30. The minimum Gasteiger partial charge on any atom is -0.497 e. The fraction of sp³-hybridized carbons (Fsp3) is 0.278. The Morgan fingerprint density at radius 2 is 1.85 bits per heavy atom. The summed E-state index contributed by atoms with van der Waals surface area (Å²) in [5.74, 6) is 0.157. The van der Waals surface area contributed by atoms with Crippen molar-refractivity contribution in [2.75, 3.05) is 19.0 Å². The van der Waals surface area contributed by atoms with Crippen LogP contribution in [-0.4, -0.2) is 33.1 Å². The van der Waals surface area contributed by atoms with Gasteiger partial charge >= 0.3 is 5.97 Å². The molecule has 1 saturated carbocycles. The van der Waals surface area contributed by atoms with Gasteiger partial charge in [-0.15, -0.1) is 0 Å². The smallest absolute Gasteiger partial charge is 0.335 e. The van der Waals surface area contributed by atoms with Crippen LogP contribution in [0, 0.1) is 5.92 Å². The Kier molecular flexibility index (Phi) is 5.24. The molecular weight excluding hydrogens is 372 g/mol. The Morgan fingerprint density at radius 3 is 2.37 bits per heavy atom. The van der Waals surface area contributed by atoms with Gasteiger partial charge in [0.25, 0.3) is 0 Å². The second-order valence-corrected chi connectivity index (χ2v) is 7.83. The van der Waals surface area contributed by atoms with Gasteiger partial charge in [-0.3, -0.25) is 0 Å². The molecule has 0 atom stereocenters. The molecule has 9 heteroatoms. The topological polar surface area (TPSA) is 128 Å². The van der Waals surface area contributed by atoms with E-state index in [1.54, 1.807) is 24.3 Å². The molecule has 1 fully saturated rings. The molecule has 2 aromatic rings. The maximum atomic E-state index is 12.1. The lowest BCUT2D eigenvalue weighted by atomic mass is 10.1. The Hall–Kier alpha value is -2.78. The van der Waals surface area contributed by atoms with Gasteiger partial charge in [-0.05, 0) is 55.2 Å². The number of rotatable bonds is 8. The number of ether oxygens (including phenoxy) is 2. The lowest BCUT2D eigenvalue weighted by molar-refractivity contribution is 0.0696. The number of benzene rings is 2. The van der Waals surface area contributed by atoms with Gasteiger partial charge in [-0.2, -0.15) is 0 Å². The number of primary sulfonamides is 1. The summed E-state index contributed by atoms with van der Waals surface area (Å²) in [4.78, 5) is 11.0. The van der Waals surface area contributed by atoms with Crippen LogP contribution in [0.5, 0.6) is 17.2 Å². The third-order valence-corrected chi connectivity index (χ3v) is 5.08. The predicted octanol–water partition coefficient (Wildman–Crippen LogP) is 2.66. The third-order valence-electron chi connectivity index (χ3n) is 4.17. The van der Waals surface area contributed by atoms with E-state index in [0.717, 1.165) is 18.9 Å². The Labute approximate surface area is 157 Å². The molecule has 0 saturated heterocycles. The van der Waals surface area contributed by atoms with Crippen molar-refractivity contribution in [2.24, 2.45) is 11.1 Å². The highest BCUT2D eigenvalue weighted by Gasteiger charge is 2.26. The van der Waals surface area contributed by atoms with Crippen LogP contribution in [0.15, 0.2) is 41.3 Å². The molecule has 1 aliphatic carbocycles. The van der Waals surface area contributed by atoms with Gasteiger partial charge in [0, 0.05) is 6.54 Å². The van der Waals surface area contributed by atoms with Crippen LogP contribution in [0.1, 0.15) is 23.2 Å². The zero-order valence-corrected chi connectivity index (χ0v) is 15.5. The number of sulfonamides is 1. The number of anilines is 1. The molecule has 0 aliphatic heterocycles. The van der Waals surface area contributed by atoms with Crippen LogP contribution >= 0.6 is 0 Å². The monoisotopic (exact) mass is 392 g/mol. The van der Waals surface area contributed by atoms with E-state index in [0.29, 0.717) is 24.0 Å². The molecule has 3 rings (SSSR count). The summed E-state index contributed by atoms with van der Waals surface area (Å²) in [5.41, 5.74) is 0.0704. The van der Waals surface area contributed by atoms with Crippen LogP contribution in [0.25, 0.3) is 0 Å². The molecule has 0 heterocycles. The van der Waals surface area contributed by atoms with Crippen molar-refractivity contribution in [1.82, 2.24) is 0 Å². The van der Waals surface area contributed by atoms with Crippen molar-refractivity contribution >= 4 is 21.7 Å². The molecule has 2 aromatic carbocycles. The molecule has 0 amide bonds. The van der Waals surface area contributed by atoms with E-state index < -0.39 is 20.9 Å². The number of hydrogen-bond donors (Lipinski definition) is 3. The summed E-state index contributed by atoms with van der Waals surface area (Å²) in [6.45, 7) is 0.589. The summed E-state index contributed by atoms with van der Waals surface area (Å²) in [6, 6.07) is 8.89. The number of methoxy groups -OCH3 is 1. The van der Waals surface area contributed by atoms with E-state index in [1.807, 2.05) is 0 Å². The lowest BCUT2D eigenvalue weighted by Gasteiger charge is -2.17. The molecule has 1 aliphatic rings. The van der Waals surface area contributed by atoms with Gasteiger partial charge in [0.2, 0.25) is 10.0 Å². The summed E-state index contributed by atoms with van der Waals surface area (Å²) < 4.78 is 35.0. The third kappa shape index (κ3) is 4.69. The molecule has 0 unspecified atom stereocenters. The van der Waals surface area contributed by atoms with Crippen molar-refractivity contribution in [2.45, 2.75) is 17.7 Å². The minimum absolute atomic E-state index is 0.0340. The predicted molar refractivity (Wildman–Crippen MR) is 99.1 cm³/mol. The molecule has 144 valence electrons. The number of carboxylic acids is 1. The summed E-state index contributed by atoms with van der Waals surface area (Å²) in [6.07, 6.45) is 2.14. The Morgan fingerprint density at radius 1 is 1.22 bits per heavy atom. The number of carbonyl (C=O) groups is 1. The van der Waals surface area contributed by atoms with Gasteiger partial charge in [-0.25, -0.2) is 18.4 Å². The highest BCUT2D eigenvalue weighted by molar-refractivity contribution is 7.89. The number of nitrogens with two attached hydrogens (primary N) is 1. The zero-order valence-electron chi connectivity index (χ0n) is 14.6. The van der Waals surface area contributed by atoms with E-state index in [1.165, 1.54) is 13.2 Å². The second kappa shape index (κ2) is 7.45. The van der Waals surface area contributed by atoms with E-state index >= 15 is 0 Å². The highest BCUT2D eigenvalue weighted by atomic mass is 32.2. The summed E-state index contributed by atoms with van der Waals surface area (Å²) >= 11 is 0. The standard InChI is InChI=1S/C18H20N2O6S/c1-25-13-4-6-14(7-5-13)26-17-15(20-10-11-2-3-11)8-12(18(21)22)9-16(17)27(19,23)24/h4-9,11,20H,2-3,10H2,1H3,(H,21,22)(H2,19,23,24). The first kappa shape index (κ1) is 19.0. The largest absolute Gasteiger partial charge is 0.497 e. The van der Waals surface area contributed by atoms with Crippen molar-refractivity contribution < 1.29 is 27.8 Å². The molecule has 27 heavy (non-hydrogen) atoms. The van der Waals surface area contributed by atoms with Gasteiger partial charge in [0.15, 0.2) is 5.75 Å². The van der Waals surface area contributed by atoms with Gasteiger partial charge in [0.05, 0.1) is 18.4 Å². The zero-order chi connectivity index (χ0) is 19.6. The molecular formula is C18H20N2O6S. The van der Waals surface area contributed by atoms with Gasteiger partial charge < -0.3 is 19.9 Å². The van der Waals surface area contributed by atoms with Gasteiger partial charge in [0.1, 0.15) is 16.4 Å². The van der Waals surface area contributed by atoms with Crippen LogP contribution in [0.3, 0.4) is 0 Å². The van der Waals surface area contributed by atoms with Crippen LogP contribution in [0.2, 0.25) is 0 Å². The maximum absolute atomic E-state index is 12.1. The van der Waals surface area contributed by atoms with Gasteiger partial charge in [-0.1, -0.05) is 0 Å². The van der Waals surface area contributed by atoms with Crippen LogP contribution in [0.4, 0.5) is 5.69 Å². The fourth-order valence-electron chi connectivity index (χ4n) is 2.51. The van der Waals surface area contributed by atoms with Crippen LogP contribution in [-0.2, 0) is 10.0 Å². The lowest BCUT2D eigenvalue weighted by Crippen LogP contribution is -2.16. The first-order valence-corrected chi connectivity index (χ1v) is 9.82. The summed E-state index contributed by atoms with van der Waals surface area (Å²) in [5, 5.41) is 17.7. The number of hydrogen-bond acceptors (Lipinski definition) is 6. The van der Waals surface area contributed by atoms with E-state index in [-0.39, 0.29) is 17.0 Å². The quantitative estimate of drug-likeness (QED) is 0.630. The first-order valence-electron chi connectivity index (χ1n) is 8.28. The highest BCUT2D eigenvalue weighted by Crippen LogP contribution is 2.38. The average molecular weight is 392 g/mol. The van der Waals surface area contributed by atoms with Crippen molar-refractivity contribution in [3.63, 3.8) is 0 Å². The summed E-state index contributed by atoms with van der Waals surface area (Å²) in [7, 11) is -2.69.